The Morgan fingerprint density at radius 2 is 1.57 bits per heavy atom. The maximum absolute atomic E-state index is 11.9. The number of halogens is 1. The van der Waals surface area contributed by atoms with Crippen molar-refractivity contribution in [2.75, 3.05) is 17.2 Å². The fourth-order valence-corrected chi connectivity index (χ4v) is 2.39. The Labute approximate surface area is 166 Å². The lowest BCUT2D eigenvalue weighted by Gasteiger charge is -2.08. The molecule has 8 heteroatoms. The summed E-state index contributed by atoms with van der Waals surface area (Å²) in [6.07, 6.45) is 0. The van der Waals surface area contributed by atoms with Crippen LogP contribution >= 0.6 is 11.6 Å². The molecule has 0 aliphatic rings. The van der Waals surface area contributed by atoms with E-state index in [1.54, 1.807) is 60.7 Å². The zero-order chi connectivity index (χ0) is 19.9. The Hall–Kier alpha value is -3.45. The van der Waals surface area contributed by atoms with E-state index in [0.29, 0.717) is 28.0 Å². The summed E-state index contributed by atoms with van der Waals surface area (Å²) in [5.41, 5.74) is 1.41. The minimum absolute atomic E-state index is 0.00600. The number of ether oxygens (including phenoxy) is 1. The molecule has 0 atom stereocenters. The molecule has 0 radical (unpaired) electrons. The number of amides is 1. The molecule has 0 aliphatic carbocycles. The third-order valence-corrected chi connectivity index (χ3v) is 3.93. The van der Waals surface area contributed by atoms with Crippen LogP contribution in [0, 0.1) is 0 Å². The SMILES string of the molecule is CC(=O)c1ccc(Nc2ccc(NC(=O)COc3ccc(Cl)cc3)nn2)cc1. The molecule has 0 unspecified atom stereocenters. The van der Waals surface area contributed by atoms with Crippen LogP contribution < -0.4 is 15.4 Å². The van der Waals surface area contributed by atoms with Gasteiger partial charge in [0.2, 0.25) is 0 Å². The van der Waals surface area contributed by atoms with E-state index >= 15 is 0 Å². The number of anilines is 3. The molecule has 2 N–H and O–H groups in total. The van der Waals surface area contributed by atoms with Crippen LogP contribution in [0.2, 0.25) is 5.02 Å². The lowest BCUT2D eigenvalue weighted by Crippen LogP contribution is -2.21. The number of rotatable bonds is 7. The van der Waals surface area contributed by atoms with E-state index in [0.717, 1.165) is 5.69 Å². The molecule has 0 bridgehead atoms. The minimum Gasteiger partial charge on any atom is -0.484 e. The van der Waals surface area contributed by atoms with E-state index in [9.17, 15) is 9.59 Å². The van der Waals surface area contributed by atoms with Gasteiger partial charge in [-0.1, -0.05) is 11.6 Å². The summed E-state index contributed by atoms with van der Waals surface area (Å²) in [7, 11) is 0. The number of aromatic nitrogens is 2. The molecule has 1 amide bonds. The van der Waals surface area contributed by atoms with Crippen LogP contribution in [0.15, 0.2) is 60.7 Å². The van der Waals surface area contributed by atoms with Crippen LogP contribution in [0.1, 0.15) is 17.3 Å². The first-order chi connectivity index (χ1) is 13.5. The second-order valence-electron chi connectivity index (χ2n) is 5.85. The average Bonchev–Trinajstić information content (AvgIpc) is 2.69. The van der Waals surface area contributed by atoms with Gasteiger partial charge >= 0.3 is 0 Å². The fourth-order valence-electron chi connectivity index (χ4n) is 2.26. The molecule has 1 heterocycles. The lowest BCUT2D eigenvalue weighted by atomic mass is 10.1. The molecule has 7 nitrogen and oxygen atoms in total. The van der Waals surface area contributed by atoms with Crippen LogP contribution in [0.5, 0.6) is 5.75 Å². The van der Waals surface area contributed by atoms with E-state index in [1.807, 2.05) is 0 Å². The summed E-state index contributed by atoms with van der Waals surface area (Å²) >= 11 is 5.80. The van der Waals surface area contributed by atoms with Gasteiger partial charge in [0.1, 0.15) is 5.75 Å². The smallest absolute Gasteiger partial charge is 0.263 e. The van der Waals surface area contributed by atoms with Gasteiger partial charge in [-0.05, 0) is 67.6 Å². The predicted molar refractivity (Wildman–Crippen MR) is 107 cm³/mol. The minimum atomic E-state index is -0.357. The molecule has 3 rings (SSSR count). The van der Waals surface area contributed by atoms with E-state index in [-0.39, 0.29) is 18.3 Å². The van der Waals surface area contributed by atoms with Crippen molar-refractivity contribution in [1.29, 1.82) is 0 Å². The van der Waals surface area contributed by atoms with Gasteiger partial charge in [-0.25, -0.2) is 0 Å². The third-order valence-electron chi connectivity index (χ3n) is 3.68. The highest BCUT2D eigenvalue weighted by atomic mass is 35.5. The maximum Gasteiger partial charge on any atom is 0.263 e. The molecule has 1 aromatic heterocycles. The largest absolute Gasteiger partial charge is 0.484 e. The first kappa shape index (κ1) is 19.3. The topological polar surface area (TPSA) is 93.2 Å². The number of carbonyl (C=O) groups excluding carboxylic acids is 2. The highest BCUT2D eigenvalue weighted by Gasteiger charge is 2.06. The summed E-state index contributed by atoms with van der Waals surface area (Å²) in [5.74, 6) is 1.01. The van der Waals surface area contributed by atoms with Gasteiger partial charge < -0.3 is 15.4 Å². The van der Waals surface area contributed by atoms with Crippen molar-refractivity contribution in [2.24, 2.45) is 0 Å². The second kappa shape index (κ2) is 8.96. The molecule has 3 aromatic rings. The number of ketones is 1. The third kappa shape index (κ3) is 5.52. The highest BCUT2D eigenvalue weighted by Crippen LogP contribution is 2.17. The van der Waals surface area contributed by atoms with Crippen LogP contribution in [-0.4, -0.2) is 28.5 Å². The van der Waals surface area contributed by atoms with Gasteiger partial charge in [-0.15, -0.1) is 10.2 Å². The molecule has 0 saturated carbocycles. The quantitative estimate of drug-likeness (QED) is 0.584. The molecule has 2 aromatic carbocycles. The standard InChI is InChI=1S/C20H17ClN4O3/c1-13(26)14-2-6-16(7-3-14)22-18-10-11-19(25-24-18)23-20(27)12-28-17-8-4-15(21)5-9-17/h2-11H,12H2,1H3,(H,22,24)(H,23,25,27). The molecular formula is C20H17ClN4O3. The number of benzene rings is 2. The highest BCUT2D eigenvalue weighted by molar-refractivity contribution is 6.30. The molecule has 0 spiro atoms. The van der Waals surface area contributed by atoms with Crippen LogP contribution in [0.4, 0.5) is 17.3 Å². The summed E-state index contributed by atoms with van der Waals surface area (Å²) in [4.78, 5) is 23.2. The van der Waals surface area contributed by atoms with Crippen molar-refractivity contribution in [3.8, 4) is 5.75 Å². The summed E-state index contributed by atoms with van der Waals surface area (Å²) < 4.78 is 5.37. The first-order valence-corrected chi connectivity index (χ1v) is 8.77. The van der Waals surface area contributed by atoms with Gasteiger partial charge in [-0.2, -0.15) is 0 Å². The Bertz CT molecular complexity index is 958. The number of carbonyl (C=O) groups is 2. The van der Waals surface area contributed by atoms with E-state index < -0.39 is 0 Å². The van der Waals surface area contributed by atoms with E-state index in [4.69, 9.17) is 16.3 Å². The van der Waals surface area contributed by atoms with Crippen molar-refractivity contribution >= 4 is 40.6 Å². The van der Waals surface area contributed by atoms with Crippen molar-refractivity contribution in [3.63, 3.8) is 0 Å². The van der Waals surface area contributed by atoms with Crippen molar-refractivity contribution in [3.05, 3.63) is 71.2 Å². The monoisotopic (exact) mass is 396 g/mol. The van der Waals surface area contributed by atoms with Gasteiger partial charge in [0.25, 0.3) is 5.91 Å². The van der Waals surface area contributed by atoms with Crippen molar-refractivity contribution in [2.45, 2.75) is 6.92 Å². The van der Waals surface area contributed by atoms with Gasteiger partial charge in [0.15, 0.2) is 24.0 Å². The first-order valence-electron chi connectivity index (χ1n) is 8.39. The summed E-state index contributed by atoms with van der Waals surface area (Å²) in [6, 6.07) is 17.0. The number of hydrogen-bond acceptors (Lipinski definition) is 6. The Morgan fingerprint density at radius 1 is 0.929 bits per heavy atom. The van der Waals surface area contributed by atoms with Crippen molar-refractivity contribution in [1.82, 2.24) is 10.2 Å². The van der Waals surface area contributed by atoms with E-state index in [2.05, 4.69) is 20.8 Å². The normalized spacial score (nSPS) is 10.2. The van der Waals surface area contributed by atoms with Crippen LogP contribution in [-0.2, 0) is 4.79 Å². The molecule has 0 aliphatic heterocycles. The van der Waals surface area contributed by atoms with E-state index in [1.165, 1.54) is 6.92 Å². The van der Waals surface area contributed by atoms with Crippen molar-refractivity contribution < 1.29 is 14.3 Å². The second-order valence-corrected chi connectivity index (χ2v) is 6.29. The van der Waals surface area contributed by atoms with Crippen LogP contribution in [0.3, 0.4) is 0 Å². The summed E-state index contributed by atoms with van der Waals surface area (Å²) in [5, 5.41) is 14.2. The Balaban J connectivity index is 1.51. The van der Waals surface area contributed by atoms with Crippen LogP contribution in [0.25, 0.3) is 0 Å². The predicted octanol–water partition coefficient (Wildman–Crippen LogP) is 4.09. The molecule has 0 saturated heterocycles. The average molecular weight is 397 g/mol. The molecular weight excluding hydrogens is 380 g/mol. The van der Waals surface area contributed by atoms with Gasteiger partial charge in [0, 0.05) is 16.3 Å². The molecule has 0 fully saturated rings. The number of hydrogen-bond donors (Lipinski definition) is 2. The Morgan fingerprint density at radius 3 is 2.18 bits per heavy atom. The van der Waals surface area contributed by atoms with Gasteiger partial charge in [-0.3, -0.25) is 9.59 Å². The Kier molecular flexibility index (Phi) is 6.18. The fraction of sp³-hybridized carbons (Fsp3) is 0.100. The molecule has 28 heavy (non-hydrogen) atoms. The van der Waals surface area contributed by atoms with Gasteiger partial charge in [0.05, 0.1) is 0 Å². The maximum atomic E-state index is 11.9. The molecule has 142 valence electrons. The number of nitrogens with zero attached hydrogens (tertiary/aromatic N) is 2. The summed E-state index contributed by atoms with van der Waals surface area (Å²) in [6.45, 7) is 1.35. The zero-order valence-electron chi connectivity index (χ0n) is 15.0. The number of nitrogens with one attached hydrogen (secondary N) is 2. The zero-order valence-corrected chi connectivity index (χ0v) is 15.7. The number of Topliss-reactive ketones (excluding diaryl/α,β-unsaturated/α-hetero) is 1. The lowest BCUT2D eigenvalue weighted by molar-refractivity contribution is -0.118.